The zero-order valence-corrected chi connectivity index (χ0v) is 16.6. The molecule has 26 heavy (non-hydrogen) atoms. The lowest BCUT2D eigenvalue weighted by atomic mass is 10.0. The van der Waals surface area contributed by atoms with Crippen molar-refractivity contribution in [3.8, 4) is 5.75 Å². The number of rotatable bonds is 11. The van der Waals surface area contributed by atoms with E-state index in [-0.39, 0.29) is 22.9 Å². The molecule has 1 saturated heterocycles. The smallest absolute Gasteiger partial charge is 0.152 e. The normalized spacial score (nSPS) is 17.6. The van der Waals surface area contributed by atoms with Gasteiger partial charge in [0.2, 0.25) is 0 Å². The minimum absolute atomic E-state index is 0.127. The molecule has 1 unspecified atom stereocenters. The molecule has 0 saturated carbocycles. The fraction of sp³-hybridized carbons (Fsp3) is 0.650. The standard InChI is InChI=1S/C20H30O5S/c1-16(2)26(22,23)13-5-3-4-6-18(21)14-17-7-9-19(10-8-17)25-20-11-12-24-15-20/h7-10,16,20H,3-6,11-15H2,1-2H3. The highest BCUT2D eigenvalue weighted by atomic mass is 32.2. The molecule has 0 radical (unpaired) electrons. The maximum Gasteiger partial charge on any atom is 0.152 e. The first-order valence-corrected chi connectivity index (χ1v) is 11.1. The number of unbranched alkanes of at least 4 members (excludes halogenated alkanes) is 2. The van der Waals surface area contributed by atoms with Crippen LogP contribution in [0, 0.1) is 0 Å². The van der Waals surface area contributed by atoms with E-state index in [4.69, 9.17) is 9.47 Å². The highest BCUT2D eigenvalue weighted by Gasteiger charge is 2.17. The Morgan fingerprint density at radius 3 is 2.54 bits per heavy atom. The molecule has 1 fully saturated rings. The van der Waals surface area contributed by atoms with E-state index in [9.17, 15) is 13.2 Å². The number of ketones is 1. The van der Waals surface area contributed by atoms with Crippen LogP contribution in [-0.4, -0.2) is 44.5 Å². The van der Waals surface area contributed by atoms with Gasteiger partial charge in [0.15, 0.2) is 9.84 Å². The predicted molar refractivity (Wildman–Crippen MR) is 102 cm³/mol. The van der Waals surface area contributed by atoms with Gasteiger partial charge in [-0.2, -0.15) is 0 Å². The van der Waals surface area contributed by atoms with Crippen LogP contribution < -0.4 is 4.74 Å². The largest absolute Gasteiger partial charge is 0.488 e. The summed E-state index contributed by atoms with van der Waals surface area (Å²) in [5, 5.41) is -0.322. The number of carbonyl (C=O) groups is 1. The SMILES string of the molecule is CC(C)S(=O)(=O)CCCCCC(=O)Cc1ccc(OC2CCOC2)cc1. The summed E-state index contributed by atoms with van der Waals surface area (Å²) < 4.78 is 34.5. The van der Waals surface area contributed by atoms with Crippen molar-refractivity contribution in [2.75, 3.05) is 19.0 Å². The quantitative estimate of drug-likeness (QED) is 0.549. The van der Waals surface area contributed by atoms with Crippen molar-refractivity contribution >= 4 is 15.6 Å². The third-order valence-corrected chi connectivity index (χ3v) is 6.91. The van der Waals surface area contributed by atoms with Crippen LogP contribution in [0.3, 0.4) is 0 Å². The van der Waals surface area contributed by atoms with Crippen LogP contribution in [0.2, 0.25) is 0 Å². The molecule has 146 valence electrons. The summed E-state index contributed by atoms with van der Waals surface area (Å²) in [6.45, 7) is 4.80. The molecule has 0 N–H and O–H groups in total. The molecule has 2 rings (SSSR count). The Hall–Kier alpha value is -1.40. The summed E-state index contributed by atoms with van der Waals surface area (Å²) in [5.74, 6) is 1.21. The van der Waals surface area contributed by atoms with E-state index in [1.165, 1.54) is 0 Å². The van der Waals surface area contributed by atoms with Crippen LogP contribution in [-0.2, 0) is 25.8 Å². The van der Waals surface area contributed by atoms with Gasteiger partial charge in [-0.3, -0.25) is 4.79 Å². The Morgan fingerprint density at radius 1 is 1.19 bits per heavy atom. The molecule has 1 atom stereocenters. The van der Waals surface area contributed by atoms with Crippen LogP contribution in [0.15, 0.2) is 24.3 Å². The minimum Gasteiger partial charge on any atom is -0.488 e. The Bertz CT molecular complexity index is 658. The third-order valence-electron chi connectivity index (χ3n) is 4.62. The molecule has 0 aliphatic carbocycles. The minimum atomic E-state index is -2.97. The van der Waals surface area contributed by atoms with E-state index < -0.39 is 9.84 Å². The lowest BCUT2D eigenvalue weighted by Gasteiger charge is -2.12. The van der Waals surface area contributed by atoms with Gasteiger partial charge in [-0.05, 0) is 44.4 Å². The number of hydrogen-bond acceptors (Lipinski definition) is 5. The zero-order chi connectivity index (χ0) is 19.0. The number of ether oxygens (including phenoxy) is 2. The van der Waals surface area contributed by atoms with Crippen LogP contribution in [0.4, 0.5) is 0 Å². The average molecular weight is 383 g/mol. The molecular formula is C20H30O5S. The van der Waals surface area contributed by atoms with Gasteiger partial charge in [0.05, 0.1) is 24.2 Å². The van der Waals surface area contributed by atoms with Gasteiger partial charge in [0.1, 0.15) is 17.6 Å². The Balaban J connectivity index is 1.64. The molecule has 1 heterocycles. The highest BCUT2D eigenvalue weighted by Crippen LogP contribution is 2.18. The second-order valence-corrected chi connectivity index (χ2v) is 9.87. The van der Waals surface area contributed by atoms with Crippen LogP contribution in [0.25, 0.3) is 0 Å². The Labute approximate surface area is 157 Å². The van der Waals surface area contributed by atoms with Crippen LogP contribution in [0.5, 0.6) is 5.75 Å². The summed E-state index contributed by atoms with van der Waals surface area (Å²) >= 11 is 0. The fourth-order valence-corrected chi connectivity index (χ4v) is 3.92. The number of sulfone groups is 1. The number of benzene rings is 1. The first kappa shape index (κ1) is 20.9. The molecule has 1 aliphatic heterocycles. The van der Waals surface area contributed by atoms with E-state index in [1.807, 2.05) is 24.3 Å². The van der Waals surface area contributed by atoms with Crippen molar-refractivity contribution in [2.45, 2.75) is 63.7 Å². The van der Waals surface area contributed by atoms with Crippen LogP contribution in [0.1, 0.15) is 51.5 Å². The van der Waals surface area contributed by atoms with E-state index in [0.29, 0.717) is 25.9 Å². The summed E-state index contributed by atoms with van der Waals surface area (Å²) in [6.07, 6.45) is 4.10. The molecule has 0 bridgehead atoms. The van der Waals surface area contributed by atoms with E-state index in [2.05, 4.69) is 0 Å². The number of hydrogen-bond donors (Lipinski definition) is 0. The van der Waals surface area contributed by atoms with Crippen molar-refractivity contribution in [3.05, 3.63) is 29.8 Å². The molecular weight excluding hydrogens is 352 g/mol. The second kappa shape index (κ2) is 10.1. The molecule has 1 aliphatic rings. The number of Topliss-reactive ketones (excluding diaryl/α,β-unsaturated/α-hetero) is 1. The predicted octanol–water partition coefficient (Wildman–Crippen LogP) is 3.35. The van der Waals surface area contributed by atoms with Gasteiger partial charge in [0.25, 0.3) is 0 Å². The zero-order valence-electron chi connectivity index (χ0n) is 15.8. The molecule has 6 heteroatoms. The fourth-order valence-electron chi connectivity index (χ4n) is 2.84. The topological polar surface area (TPSA) is 69.7 Å². The lowest BCUT2D eigenvalue weighted by molar-refractivity contribution is -0.118. The van der Waals surface area contributed by atoms with Crippen molar-refractivity contribution in [3.63, 3.8) is 0 Å². The molecule has 0 aromatic heterocycles. The molecule has 0 amide bonds. The Kier molecular flexibility index (Phi) is 8.10. The number of carbonyl (C=O) groups excluding carboxylic acids is 1. The maximum atomic E-state index is 12.1. The monoisotopic (exact) mass is 382 g/mol. The second-order valence-electron chi connectivity index (χ2n) is 7.19. The van der Waals surface area contributed by atoms with Gasteiger partial charge in [-0.15, -0.1) is 0 Å². The average Bonchev–Trinajstić information content (AvgIpc) is 3.09. The summed E-state index contributed by atoms with van der Waals surface area (Å²) in [5.41, 5.74) is 0.979. The van der Waals surface area contributed by atoms with Crippen molar-refractivity contribution in [2.24, 2.45) is 0 Å². The first-order valence-electron chi connectivity index (χ1n) is 9.43. The molecule has 1 aromatic rings. The van der Waals surface area contributed by atoms with E-state index in [0.717, 1.165) is 37.2 Å². The van der Waals surface area contributed by atoms with Gasteiger partial charge in [-0.1, -0.05) is 18.6 Å². The van der Waals surface area contributed by atoms with Gasteiger partial charge >= 0.3 is 0 Å². The van der Waals surface area contributed by atoms with Crippen molar-refractivity contribution in [1.29, 1.82) is 0 Å². The maximum absolute atomic E-state index is 12.1. The van der Waals surface area contributed by atoms with Gasteiger partial charge in [-0.25, -0.2) is 8.42 Å². The Morgan fingerprint density at radius 2 is 1.92 bits per heavy atom. The molecule has 1 aromatic carbocycles. The van der Waals surface area contributed by atoms with E-state index >= 15 is 0 Å². The summed E-state index contributed by atoms with van der Waals surface area (Å²) in [7, 11) is -2.97. The lowest BCUT2D eigenvalue weighted by Crippen LogP contribution is -2.17. The van der Waals surface area contributed by atoms with Crippen molar-refractivity contribution < 1.29 is 22.7 Å². The van der Waals surface area contributed by atoms with E-state index in [1.54, 1.807) is 13.8 Å². The summed E-state index contributed by atoms with van der Waals surface area (Å²) in [4.78, 5) is 12.1. The first-order chi connectivity index (χ1) is 12.4. The van der Waals surface area contributed by atoms with Crippen LogP contribution >= 0.6 is 0 Å². The molecule has 0 spiro atoms. The van der Waals surface area contributed by atoms with Crippen molar-refractivity contribution in [1.82, 2.24) is 0 Å². The molecule has 5 nitrogen and oxygen atoms in total. The highest BCUT2D eigenvalue weighted by molar-refractivity contribution is 7.91. The summed E-state index contributed by atoms with van der Waals surface area (Å²) in [6, 6.07) is 7.66. The third kappa shape index (κ3) is 7.08. The van der Waals surface area contributed by atoms with Gasteiger partial charge < -0.3 is 9.47 Å². The van der Waals surface area contributed by atoms with Gasteiger partial charge in [0, 0.05) is 19.3 Å².